The first kappa shape index (κ1) is 22.4. The van der Waals surface area contributed by atoms with E-state index in [1.54, 1.807) is 23.1 Å². The Hall–Kier alpha value is -3.84. The van der Waals surface area contributed by atoms with Crippen molar-refractivity contribution in [3.63, 3.8) is 0 Å². The van der Waals surface area contributed by atoms with Crippen LogP contribution in [0.3, 0.4) is 0 Å². The summed E-state index contributed by atoms with van der Waals surface area (Å²) in [7, 11) is 0. The third-order valence-corrected chi connectivity index (χ3v) is 5.65. The highest BCUT2D eigenvalue weighted by Gasteiger charge is 2.49. The number of nitrogens with two attached hydrogens (primary N) is 1. The van der Waals surface area contributed by atoms with Crippen molar-refractivity contribution in [3.8, 4) is 11.5 Å². The molecule has 1 heterocycles. The molecule has 3 aromatic rings. The molecule has 4 rings (SSSR count). The molecule has 0 saturated carbocycles. The Morgan fingerprint density at radius 1 is 1.03 bits per heavy atom. The third-order valence-electron chi connectivity index (χ3n) is 5.65. The molecule has 0 aromatic heterocycles. The van der Waals surface area contributed by atoms with Crippen LogP contribution in [0, 0.1) is 0 Å². The fourth-order valence-corrected chi connectivity index (χ4v) is 3.84. The van der Waals surface area contributed by atoms with Gasteiger partial charge in [-0.3, -0.25) is 9.69 Å². The molecule has 3 aromatic carbocycles. The lowest BCUT2D eigenvalue weighted by Crippen LogP contribution is -2.59. The van der Waals surface area contributed by atoms with E-state index in [9.17, 15) is 9.59 Å². The van der Waals surface area contributed by atoms with Crippen molar-refractivity contribution in [1.82, 2.24) is 0 Å². The highest BCUT2D eigenvalue weighted by molar-refractivity contribution is 6.02. The number of hydrogen-bond donors (Lipinski definition) is 2. The maximum Gasteiger partial charge on any atom is 0.335 e. The van der Waals surface area contributed by atoms with E-state index < -0.39 is 11.8 Å². The topological polar surface area (TPSA) is 102 Å². The quantitative estimate of drug-likeness (QED) is 0.542. The summed E-state index contributed by atoms with van der Waals surface area (Å²) in [5.74, 6) is -1.77. The highest BCUT2D eigenvalue weighted by atomic mass is 16.7. The van der Waals surface area contributed by atoms with Crippen LogP contribution in [0.5, 0.6) is 11.5 Å². The maximum absolute atomic E-state index is 13.8. The number of carboxylic acid groups (broad SMARTS) is 1. The standard InChI is InChI=1S/C26H26N2O5/c1-2-26(32-21-13-9-18(10-14-21)15-16-27)25(31)28(22-5-3-4-6-23(22)33-26)17-19-7-11-20(12-8-19)24(29)30/h3-14H,2,15-17,27H2,1H3,(H,29,30). The minimum absolute atomic E-state index is 0.191. The van der Waals surface area contributed by atoms with Gasteiger partial charge >= 0.3 is 17.7 Å². The van der Waals surface area contributed by atoms with E-state index >= 15 is 0 Å². The molecule has 7 nitrogen and oxygen atoms in total. The molecule has 0 radical (unpaired) electrons. The predicted molar refractivity (Wildman–Crippen MR) is 125 cm³/mol. The lowest BCUT2D eigenvalue weighted by molar-refractivity contribution is -0.167. The number of anilines is 1. The summed E-state index contributed by atoms with van der Waals surface area (Å²) in [4.78, 5) is 26.6. The Morgan fingerprint density at radius 2 is 1.70 bits per heavy atom. The zero-order valence-corrected chi connectivity index (χ0v) is 18.4. The van der Waals surface area contributed by atoms with E-state index in [2.05, 4.69) is 0 Å². The zero-order valence-electron chi connectivity index (χ0n) is 18.4. The van der Waals surface area contributed by atoms with Gasteiger partial charge in [0.15, 0.2) is 0 Å². The molecule has 0 spiro atoms. The summed E-state index contributed by atoms with van der Waals surface area (Å²) in [6, 6.07) is 21.3. The number of rotatable bonds is 8. The maximum atomic E-state index is 13.8. The number of carbonyl (C=O) groups is 2. The Labute approximate surface area is 192 Å². The number of aromatic carboxylic acids is 1. The Morgan fingerprint density at radius 3 is 2.33 bits per heavy atom. The third kappa shape index (κ3) is 4.54. The average Bonchev–Trinajstić information content (AvgIpc) is 2.83. The van der Waals surface area contributed by atoms with Gasteiger partial charge in [-0.15, -0.1) is 0 Å². The van der Waals surface area contributed by atoms with Gasteiger partial charge in [0, 0.05) is 6.42 Å². The number of nitrogens with zero attached hydrogens (tertiary/aromatic N) is 1. The lowest BCUT2D eigenvalue weighted by atomic mass is 10.1. The minimum Gasteiger partial charge on any atom is -0.478 e. The number of carbonyl (C=O) groups excluding carboxylic acids is 1. The first-order chi connectivity index (χ1) is 16.0. The smallest absolute Gasteiger partial charge is 0.335 e. The molecule has 1 atom stereocenters. The number of carboxylic acids is 1. The highest BCUT2D eigenvalue weighted by Crippen LogP contribution is 2.40. The van der Waals surface area contributed by atoms with Crippen LogP contribution in [0.15, 0.2) is 72.8 Å². The largest absolute Gasteiger partial charge is 0.478 e. The summed E-state index contributed by atoms with van der Waals surface area (Å²) < 4.78 is 12.4. The van der Waals surface area contributed by atoms with Crippen LogP contribution in [-0.4, -0.2) is 29.3 Å². The van der Waals surface area contributed by atoms with E-state index in [4.69, 9.17) is 20.3 Å². The van der Waals surface area contributed by atoms with Gasteiger partial charge in [-0.2, -0.15) is 0 Å². The monoisotopic (exact) mass is 446 g/mol. The van der Waals surface area contributed by atoms with Gasteiger partial charge in [0.1, 0.15) is 11.5 Å². The molecule has 1 aliphatic heterocycles. The molecule has 0 aliphatic carbocycles. The van der Waals surface area contributed by atoms with E-state index in [1.165, 1.54) is 12.1 Å². The normalized spacial score (nSPS) is 17.3. The second-order valence-electron chi connectivity index (χ2n) is 7.85. The summed E-state index contributed by atoms with van der Waals surface area (Å²) in [5, 5.41) is 9.15. The molecule has 33 heavy (non-hydrogen) atoms. The molecule has 3 N–H and O–H groups in total. The van der Waals surface area contributed by atoms with Gasteiger partial charge < -0.3 is 20.3 Å². The zero-order chi connectivity index (χ0) is 23.4. The summed E-state index contributed by atoms with van der Waals surface area (Å²) in [6.07, 6.45) is 1.05. The number of para-hydroxylation sites is 2. The SMILES string of the molecule is CCC1(Oc2ccc(CCN)cc2)Oc2ccccc2N(Cc2ccc(C(=O)O)cc2)C1=O. The summed E-state index contributed by atoms with van der Waals surface area (Å²) >= 11 is 0. The molecular formula is C26H26N2O5. The summed E-state index contributed by atoms with van der Waals surface area (Å²) in [5.41, 5.74) is 8.33. The van der Waals surface area contributed by atoms with Crippen LogP contribution < -0.4 is 20.1 Å². The van der Waals surface area contributed by atoms with Crippen molar-refractivity contribution < 1.29 is 24.2 Å². The first-order valence-corrected chi connectivity index (χ1v) is 10.9. The fourth-order valence-electron chi connectivity index (χ4n) is 3.84. The van der Waals surface area contributed by atoms with Crippen LogP contribution in [0.25, 0.3) is 0 Å². The molecule has 1 amide bonds. The Balaban J connectivity index is 1.66. The van der Waals surface area contributed by atoms with Crippen molar-refractivity contribution >= 4 is 17.6 Å². The summed E-state index contributed by atoms with van der Waals surface area (Å²) in [6.45, 7) is 2.65. The average molecular weight is 447 g/mol. The molecule has 0 saturated heterocycles. The van der Waals surface area contributed by atoms with E-state index in [-0.39, 0.29) is 18.0 Å². The number of fused-ring (bicyclic) bond motifs is 1. The lowest BCUT2D eigenvalue weighted by Gasteiger charge is -2.41. The van der Waals surface area contributed by atoms with E-state index in [0.717, 1.165) is 17.5 Å². The molecule has 0 bridgehead atoms. The van der Waals surface area contributed by atoms with Crippen LogP contribution >= 0.6 is 0 Å². The number of hydrogen-bond acceptors (Lipinski definition) is 5. The van der Waals surface area contributed by atoms with Crippen molar-refractivity contribution in [2.24, 2.45) is 5.73 Å². The molecule has 0 fully saturated rings. The molecule has 1 unspecified atom stereocenters. The van der Waals surface area contributed by atoms with Gasteiger partial charge in [-0.05, 0) is 60.5 Å². The number of amides is 1. The first-order valence-electron chi connectivity index (χ1n) is 10.9. The number of benzene rings is 3. The van der Waals surface area contributed by atoms with Crippen molar-refractivity contribution in [1.29, 1.82) is 0 Å². The van der Waals surface area contributed by atoms with Gasteiger partial charge in [0.2, 0.25) is 0 Å². The van der Waals surface area contributed by atoms with E-state index in [0.29, 0.717) is 30.2 Å². The molecular weight excluding hydrogens is 420 g/mol. The van der Waals surface area contributed by atoms with Gasteiger partial charge in [-0.1, -0.05) is 43.3 Å². The van der Waals surface area contributed by atoms with Crippen LogP contribution in [-0.2, 0) is 17.8 Å². The van der Waals surface area contributed by atoms with Gasteiger partial charge in [0.05, 0.1) is 17.8 Å². The van der Waals surface area contributed by atoms with Crippen LogP contribution in [0.4, 0.5) is 5.69 Å². The molecule has 1 aliphatic rings. The molecule has 7 heteroatoms. The Kier molecular flexibility index (Phi) is 6.33. The predicted octanol–water partition coefficient (Wildman–Crippen LogP) is 4.00. The van der Waals surface area contributed by atoms with Crippen LogP contribution in [0.2, 0.25) is 0 Å². The number of ether oxygens (including phenoxy) is 2. The van der Waals surface area contributed by atoms with E-state index in [1.807, 2.05) is 49.4 Å². The Bertz CT molecular complexity index is 1140. The van der Waals surface area contributed by atoms with Crippen molar-refractivity contribution in [3.05, 3.63) is 89.5 Å². The van der Waals surface area contributed by atoms with Gasteiger partial charge in [-0.25, -0.2) is 4.79 Å². The van der Waals surface area contributed by atoms with Crippen molar-refractivity contribution in [2.75, 3.05) is 11.4 Å². The minimum atomic E-state index is -1.52. The van der Waals surface area contributed by atoms with Crippen LogP contribution in [0.1, 0.15) is 34.8 Å². The molecule has 170 valence electrons. The second-order valence-corrected chi connectivity index (χ2v) is 7.85. The van der Waals surface area contributed by atoms with Gasteiger partial charge in [0.25, 0.3) is 0 Å². The fraction of sp³-hybridized carbons (Fsp3) is 0.231. The second kappa shape index (κ2) is 9.34. The van der Waals surface area contributed by atoms with Crippen molar-refractivity contribution in [2.45, 2.75) is 32.1 Å².